The fourth-order valence-electron chi connectivity index (χ4n) is 3.58. The van der Waals surface area contributed by atoms with Crippen LogP contribution in [0, 0.1) is 0 Å². The minimum Gasteiger partial charge on any atom is -0.349 e. The zero-order valence-corrected chi connectivity index (χ0v) is 13.3. The summed E-state index contributed by atoms with van der Waals surface area (Å²) in [6.07, 6.45) is 10.2. The lowest BCUT2D eigenvalue weighted by Gasteiger charge is -2.26. The molecule has 4 heteroatoms. The second kappa shape index (κ2) is 5.73. The highest BCUT2D eigenvalue weighted by Crippen LogP contribution is 2.44. The molecule has 2 atom stereocenters. The van der Waals surface area contributed by atoms with Gasteiger partial charge in [-0.25, -0.2) is 0 Å². The zero-order chi connectivity index (χ0) is 14.2. The molecule has 0 radical (unpaired) electrons. The van der Waals surface area contributed by atoms with E-state index < -0.39 is 0 Å². The fraction of sp³-hybridized carbons (Fsp3) is 0.706. The molecule has 3 saturated carbocycles. The Labute approximate surface area is 130 Å². The molecule has 0 saturated heterocycles. The van der Waals surface area contributed by atoms with E-state index in [-0.39, 0.29) is 5.91 Å². The van der Waals surface area contributed by atoms with Crippen molar-refractivity contribution in [3.05, 3.63) is 21.9 Å². The fourth-order valence-corrected chi connectivity index (χ4v) is 4.64. The minimum atomic E-state index is 0.133. The van der Waals surface area contributed by atoms with Crippen LogP contribution in [-0.4, -0.2) is 24.0 Å². The summed E-state index contributed by atoms with van der Waals surface area (Å²) in [6.45, 7) is 0. The lowest BCUT2D eigenvalue weighted by atomic mass is 9.93. The van der Waals surface area contributed by atoms with E-state index in [1.807, 2.05) is 5.38 Å². The maximum atomic E-state index is 12.3. The van der Waals surface area contributed by atoms with Crippen molar-refractivity contribution in [3.63, 3.8) is 0 Å². The summed E-state index contributed by atoms with van der Waals surface area (Å²) < 4.78 is 0. The maximum Gasteiger partial charge on any atom is 0.252 e. The molecule has 21 heavy (non-hydrogen) atoms. The average molecular weight is 304 g/mol. The van der Waals surface area contributed by atoms with Crippen molar-refractivity contribution in [2.75, 3.05) is 0 Å². The molecule has 4 rings (SSSR count). The molecule has 114 valence electrons. The zero-order valence-electron chi connectivity index (χ0n) is 12.4. The van der Waals surface area contributed by atoms with Crippen LogP contribution in [0.25, 0.3) is 0 Å². The average Bonchev–Trinajstić information content (AvgIpc) is 2.86. The number of rotatable bonds is 5. The van der Waals surface area contributed by atoms with Crippen molar-refractivity contribution < 1.29 is 4.79 Å². The second-order valence-corrected chi connectivity index (χ2v) is 7.88. The smallest absolute Gasteiger partial charge is 0.252 e. The van der Waals surface area contributed by atoms with Crippen LogP contribution in [-0.2, 0) is 0 Å². The summed E-state index contributed by atoms with van der Waals surface area (Å²) in [5, 5.41) is 8.96. The number of hydrogen-bond donors (Lipinski definition) is 2. The topological polar surface area (TPSA) is 41.1 Å². The molecule has 0 bridgehead atoms. The van der Waals surface area contributed by atoms with Crippen molar-refractivity contribution in [1.82, 2.24) is 10.6 Å². The maximum absolute atomic E-state index is 12.3. The lowest BCUT2D eigenvalue weighted by Crippen LogP contribution is -2.37. The first-order valence-electron chi connectivity index (χ1n) is 8.45. The van der Waals surface area contributed by atoms with Crippen LogP contribution >= 0.6 is 11.3 Å². The van der Waals surface area contributed by atoms with Crippen LogP contribution in [0.5, 0.6) is 0 Å². The van der Waals surface area contributed by atoms with Gasteiger partial charge in [0.15, 0.2) is 0 Å². The van der Waals surface area contributed by atoms with E-state index in [2.05, 4.69) is 16.7 Å². The predicted molar refractivity (Wildman–Crippen MR) is 86.0 cm³/mol. The summed E-state index contributed by atoms with van der Waals surface area (Å²) >= 11 is 1.76. The third-order valence-electron chi connectivity index (χ3n) is 5.28. The SMILES string of the molecule is O=C(NC1CCCC1)c1csc(C2CC2NC2CCC2)c1. The normalized spacial score (nSPS) is 29.3. The van der Waals surface area contributed by atoms with Gasteiger partial charge < -0.3 is 10.6 Å². The quantitative estimate of drug-likeness (QED) is 0.875. The molecule has 1 amide bonds. The predicted octanol–water partition coefficient (Wildman–Crippen LogP) is 3.42. The number of nitrogens with one attached hydrogen (secondary N) is 2. The Bertz CT molecular complexity index is 517. The van der Waals surface area contributed by atoms with E-state index in [9.17, 15) is 4.79 Å². The Hall–Kier alpha value is -0.870. The van der Waals surface area contributed by atoms with E-state index in [0.717, 1.165) is 24.4 Å². The molecule has 0 aliphatic heterocycles. The molecule has 2 unspecified atom stereocenters. The number of carbonyl (C=O) groups is 1. The van der Waals surface area contributed by atoms with Crippen molar-refractivity contribution in [3.8, 4) is 0 Å². The van der Waals surface area contributed by atoms with Gasteiger partial charge in [0.05, 0.1) is 5.56 Å². The monoisotopic (exact) mass is 304 g/mol. The molecule has 1 aromatic heterocycles. The molecule has 3 nitrogen and oxygen atoms in total. The minimum absolute atomic E-state index is 0.133. The van der Waals surface area contributed by atoms with Gasteiger partial charge in [0.1, 0.15) is 0 Å². The van der Waals surface area contributed by atoms with Crippen LogP contribution in [0.1, 0.15) is 72.5 Å². The van der Waals surface area contributed by atoms with E-state index in [1.165, 1.54) is 43.4 Å². The molecule has 0 spiro atoms. The highest BCUT2D eigenvalue weighted by atomic mass is 32.1. The summed E-state index contributed by atoms with van der Waals surface area (Å²) in [4.78, 5) is 13.6. The summed E-state index contributed by atoms with van der Waals surface area (Å²) in [5.41, 5.74) is 0.871. The van der Waals surface area contributed by atoms with E-state index >= 15 is 0 Å². The third-order valence-corrected chi connectivity index (χ3v) is 6.35. The van der Waals surface area contributed by atoms with Gasteiger partial charge in [0.25, 0.3) is 5.91 Å². The first kappa shape index (κ1) is 13.8. The largest absolute Gasteiger partial charge is 0.349 e. The first-order chi connectivity index (χ1) is 10.3. The lowest BCUT2D eigenvalue weighted by molar-refractivity contribution is 0.0938. The summed E-state index contributed by atoms with van der Waals surface area (Å²) in [6, 6.07) is 3.97. The van der Waals surface area contributed by atoms with Gasteiger partial charge in [-0.15, -0.1) is 11.3 Å². The van der Waals surface area contributed by atoms with Gasteiger partial charge in [-0.3, -0.25) is 4.79 Å². The Morgan fingerprint density at radius 3 is 2.57 bits per heavy atom. The standard InChI is InChI=1S/C17H24N2OS/c20-17(19-13-4-1-2-5-13)11-8-16(21-10-11)14-9-15(14)18-12-6-3-7-12/h8,10,12-15,18H,1-7,9H2,(H,19,20). The van der Waals surface area contributed by atoms with E-state index in [0.29, 0.717) is 18.0 Å². The number of amides is 1. The van der Waals surface area contributed by atoms with Crippen molar-refractivity contribution in [2.45, 2.75) is 75.4 Å². The number of thiophene rings is 1. The highest BCUT2D eigenvalue weighted by molar-refractivity contribution is 7.10. The van der Waals surface area contributed by atoms with Gasteiger partial charge in [0.2, 0.25) is 0 Å². The van der Waals surface area contributed by atoms with Crippen molar-refractivity contribution in [2.24, 2.45) is 0 Å². The molecule has 1 aromatic rings. The Balaban J connectivity index is 1.31. The molecule has 0 aromatic carbocycles. The number of carbonyl (C=O) groups excluding carboxylic acids is 1. The molecule has 3 fully saturated rings. The Kier molecular flexibility index (Phi) is 3.76. The van der Waals surface area contributed by atoms with Crippen molar-refractivity contribution >= 4 is 17.2 Å². The molecular weight excluding hydrogens is 280 g/mol. The third kappa shape index (κ3) is 3.02. The Morgan fingerprint density at radius 2 is 1.86 bits per heavy atom. The van der Waals surface area contributed by atoms with Crippen LogP contribution < -0.4 is 10.6 Å². The van der Waals surface area contributed by atoms with Crippen LogP contribution in [0.15, 0.2) is 11.4 Å². The highest BCUT2D eigenvalue weighted by Gasteiger charge is 2.41. The molecule has 3 aliphatic rings. The van der Waals surface area contributed by atoms with Gasteiger partial charge in [0, 0.05) is 34.3 Å². The van der Waals surface area contributed by atoms with Gasteiger partial charge in [-0.2, -0.15) is 0 Å². The number of hydrogen-bond acceptors (Lipinski definition) is 3. The molecule has 2 N–H and O–H groups in total. The Morgan fingerprint density at radius 1 is 1.10 bits per heavy atom. The summed E-state index contributed by atoms with van der Waals surface area (Å²) in [7, 11) is 0. The molecule has 3 aliphatic carbocycles. The van der Waals surface area contributed by atoms with Crippen LogP contribution in [0.2, 0.25) is 0 Å². The summed E-state index contributed by atoms with van der Waals surface area (Å²) in [5.74, 6) is 0.789. The first-order valence-corrected chi connectivity index (χ1v) is 9.33. The molecular formula is C17H24N2OS. The second-order valence-electron chi connectivity index (χ2n) is 6.94. The van der Waals surface area contributed by atoms with Crippen molar-refractivity contribution in [1.29, 1.82) is 0 Å². The van der Waals surface area contributed by atoms with E-state index in [4.69, 9.17) is 0 Å². The van der Waals surface area contributed by atoms with Gasteiger partial charge in [-0.1, -0.05) is 19.3 Å². The molecule has 1 heterocycles. The van der Waals surface area contributed by atoms with E-state index in [1.54, 1.807) is 11.3 Å². The van der Waals surface area contributed by atoms with Gasteiger partial charge in [-0.05, 0) is 38.2 Å². The van der Waals surface area contributed by atoms with Crippen LogP contribution in [0.4, 0.5) is 0 Å². The van der Waals surface area contributed by atoms with Gasteiger partial charge >= 0.3 is 0 Å². The van der Waals surface area contributed by atoms with Crippen LogP contribution in [0.3, 0.4) is 0 Å².